The van der Waals surface area contributed by atoms with Gasteiger partial charge in [-0.15, -0.1) is 0 Å². The minimum atomic E-state index is 0.0376. The van der Waals surface area contributed by atoms with E-state index < -0.39 is 0 Å². The lowest BCUT2D eigenvalue weighted by atomic mass is 9.95. The molecular formula is C17H19N5O2. The number of likely N-dealkylation sites (tertiary alicyclic amines) is 1. The number of hydrogen-bond donors (Lipinski definition) is 1. The standard InChI is InChI=1S/C17H19N5O2/c1-10-18-16(21-20-10)12-5-7-22(8-6-12)17(23)13-3-4-14-15(9-13)24-11(2)19-14/h3-4,9,12H,5-8H2,1-2H3,(H,18,20,21). The van der Waals surface area contributed by atoms with Gasteiger partial charge in [0.25, 0.3) is 5.91 Å². The Morgan fingerprint density at radius 2 is 2.04 bits per heavy atom. The van der Waals surface area contributed by atoms with Crippen molar-refractivity contribution in [2.75, 3.05) is 13.1 Å². The molecule has 1 fully saturated rings. The van der Waals surface area contributed by atoms with E-state index in [0.29, 0.717) is 36.0 Å². The molecule has 1 saturated heterocycles. The molecule has 1 aliphatic rings. The Balaban J connectivity index is 1.47. The predicted molar refractivity (Wildman–Crippen MR) is 87.7 cm³/mol. The van der Waals surface area contributed by atoms with Gasteiger partial charge in [0, 0.05) is 31.5 Å². The van der Waals surface area contributed by atoms with E-state index in [4.69, 9.17) is 4.42 Å². The van der Waals surface area contributed by atoms with Gasteiger partial charge in [0.2, 0.25) is 0 Å². The largest absolute Gasteiger partial charge is 0.441 e. The van der Waals surface area contributed by atoms with Gasteiger partial charge in [0.1, 0.15) is 11.3 Å². The molecule has 7 heteroatoms. The fourth-order valence-corrected chi connectivity index (χ4v) is 3.24. The van der Waals surface area contributed by atoms with Crippen LogP contribution >= 0.6 is 0 Å². The number of fused-ring (bicyclic) bond motifs is 1. The van der Waals surface area contributed by atoms with Gasteiger partial charge in [-0.05, 0) is 38.0 Å². The summed E-state index contributed by atoms with van der Waals surface area (Å²) in [5.41, 5.74) is 2.08. The average molecular weight is 325 g/mol. The Morgan fingerprint density at radius 1 is 1.25 bits per heavy atom. The van der Waals surface area contributed by atoms with Crippen LogP contribution in [0, 0.1) is 13.8 Å². The van der Waals surface area contributed by atoms with Crippen molar-refractivity contribution in [1.82, 2.24) is 25.1 Å². The number of nitrogens with one attached hydrogen (secondary N) is 1. The molecule has 124 valence electrons. The third kappa shape index (κ3) is 2.66. The average Bonchev–Trinajstić information content (AvgIpc) is 3.18. The van der Waals surface area contributed by atoms with Gasteiger partial charge in [0.05, 0.1) is 0 Å². The molecule has 0 aliphatic carbocycles. The maximum atomic E-state index is 12.7. The van der Waals surface area contributed by atoms with Crippen LogP contribution in [0.25, 0.3) is 11.1 Å². The summed E-state index contributed by atoms with van der Waals surface area (Å²) in [6.07, 6.45) is 1.76. The summed E-state index contributed by atoms with van der Waals surface area (Å²) in [7, 11) is 0. The minimum absolute atomic E-state index is 0.0376. The molecule has 3 heterocycles. The fraction of sp³-hybridized carbons (Fsp3) is 0.412. The lowest BCUT2D eigenvalue weighted by Crippen LogP contribution is -2.38. The number of aromatic nitrogens is 4. The van der Waals surface area contributed by atoms with Crippen molar-refractivity contribution in [3.05, 3.63) is 41.3 Å². The second-order valence-corrected chi connectivity index (χ2v) is 6.26. The molecule has 0 bridgehead atoms. The Hall–Kier alpha value is -2.70. The number of oxazole rings is 1. The van der Waals surface area contributed by atoms with Crippen molar-refractivity contribution in [1.29, 1.82) is 0 Å². The third-order valence-corrected chi connectivity index (χ3v) is 4.50. The molecule has 0 radical (unpaired) electrons. The number of carbonyl (C=O) groups excluding carboxylic acids is 1. The lowest BCUT2D eigenvalue weighted by molar-refractivity contribution is 0.0711. The Morgan fingerprint density at radius 3 is 2.75 bits per heavy atom. The molecule has 2 aromatic heterocycles. The van der Waals surface area contributed by atoms with Gasteiger partial charge < -0.3 is 9.32 Å². The second-order valence-electron chi connectivity index (χ2n) is 6.26. The molecule has 3 aromatic rings. The van der Waals surface area contributed by atoms with Crippen LogP contribution in [0.1, 0.15) is 46.7 Å². The highest BCUT2D eigenvalue weighted by atomic mass is 16.3. The molecular weight excluding hydrogens is 306 g/mol. The first-order valence-corrected chi connectivity index (χ1v) is 8.15. The third-order valence-electron chi connectivity index (χ3n) is 4.50. The van der Waals surface area contributed by atoms with Crippen molar-refractivity contribution in [2.45, 2.75) is 32.6 Å². The molecule has 1 aliphatic heterocycles. The van der Waals surface area contributed by atoms with E-state index in [-0.39, 0.29) is 5.91 Å². The summed E-state index contributed by atoms with van der Waals surface area (Å²) in [6, 6.07) is 5.43. The molecule has 1 N–H and O–H groups in total. The van der Waals surface area contributed by atoms with Crippen LogP contribution in [0.15, 0.2) is 22.6 Å². The number of carbonyl (C=O) groups is 1. The highest BCUT2D eigenvalue weighted by Gasteiger charge is 2.27. The van der Waals surface area contributed by atoms with Gasteiger partial charge in [0.15, 0.2) is 17.3 Å². The van der Waals surface area contributed by atoms with Crippen LogP contribution in [0.2, 0.25) is 0 Å². The van der Waals surface area contributed by atoms with Crippen LogP contribution in [-0.2, 0) is 0 Å². The molecule has 7 nitrogen and oxygen atoms in total. The Labute approximate surface area is 139 Å². The van der Waals surface area contributed by atoms with Gasteiger partial charge in [-0.3, -0.25) is 9.89 Å². The number of H-pyrrole nitrogens is 1. The predicted octanol–water partition coefficient (Wildman–Crippen LogP) is 2.58. The van der Waals surface area contributed by atoms with Crippen LogP contribution in [0.5, 0.6) is 0 Å². The Bertz CT molecular complexity index is 889. The summed E-state index contributed by atoms with van der Waals surface area (Å²) in [6.45, 7) is 5.13. The topological polar surface area (TPSA) is 87.9 Å². The van der Waals surface area contributed by atoms with Crippen molar-refractivity contribution >= 4 is 17.0 Å². The minimum Gasteiger partial charge on any atom is -0.441 e. The normalized spacial score (nSPS) is 16.0. The van der Waals surface area contributed by atoms with Crippen molar-refractivity contribution < 1.29 is 9.21 Å². The van der Waals surface area contributed by atoms with Crippen molar-refractivity contribution in [3.8, 4) is 0 Å². The smallest absolute Gasteiger partial charge is 0.253 e. The zero-order valence-electron chi connectivity index (χ0n) is 13.7. The van der Waals surface area contributed by atoms with E-state index in [1.54, 1.807) is 13.0 Å². The number of benzene rings is 1. The van der Waals surface area contributed by atoms with Crippen molar-refractivity contribution in [3.63, 3.8) is 0 Å². The van der Waals surface area contributed by atoms with Crippen LogP contribution in [0.4, 0.5) is 0 Å². The van der Waals surface area contributed by atoms with Gasteiger partial charge in [-0.2, -0.15) is 5.10 Å². The summed E-state index contributed by atoms with van der Waals surface area (Å²) in [5, 5.41) is 7.13. The first kappa shape index (κ1) is 14.9. The van der Waals surface area contributed by atoms with Gasteiger partial charge in [-0.25, -0.2) is 9.97 Å². The number of piperidine rings is 1. The molecule has 0 unspecified atom stereocenters. The van der Waals surface area contributed by atoms with Crippen LogP contribution in [0.3, 0.4) is 0 Å². The summed E-state index contributed by atoms with van der Waals surface area (Å²) < 4.78 is 5.52. The molecule has 4 rings (SSSR count). The van der Waals surface area contributed by atoms with E-state index in [1.165, 1.54) is 0 Å². The first-order valence-electron chi connectivity index (χ1n) is 8.15. The van der Waals surface area contributed by atoms with E-state index >= 15 is 0 Å². The highest BCUT2D eigenvalue weighted by Crippen LogP contribution is 2.27. The van der Waals surface area contributed by atoms with Gasteiger partial charge >= 0.3 is 0 Å². The molecule has 0 spiro atoms. The zero-order valence-corrected chi connectivity index (χ0v) is 13.7. The molecule has 0 atom stereocenters. The SMILES string of the molecule is Cc1nc(C2CCN(C(=O)c3ccc4nc(C)oc4c3)CC2)n[nH]1. The van der Waals surface area contributed by atoms with Crippen LogP contribution in [-0.4, -0.2) is 44.1 Å². The van der Waals surface area contributed by atoms with E-state index in [1.807, 2.05) is 24.0 Å². The number of aryl methyl sites for hydroxylation is 2. The summed E-state index contributed by atoms with van der Waals surface area (Å²) >= 11 is 0. The van der Waals surface area contributed by atoms with E-state index in [2.05, 4.69) is 20.2 Å². The summed E-state index contributed by atoms with van der Waals surface area (Å²) in [5.74, 6) is 2.66. The molecule has 1 amide bonds. The number of rotatable bonds is 2. The second kappa shape index (κ2) is 5.74. The molecule has 0 saturated carbocycles. The van der Waals surface area contributed by atoms with E-state index in [9.17, 15) is 4.79 Å². The maximum absolute atomic E-state index is 12.7. The zero-order chi connectivity index (χ0) is 16.7. The first-order chi connectivity index (χ1) is 11.6. The fourth-order valence-electron chi connectivity index (χ4n) is 3.24. The highest BCUT2D eigenvalue weighted by molar-refractivity contribution is 5.97. The number of aromatic amines is 1. The van der Waals surface area contributed by atoms with Crippen molar-refractivity contribution in [2.24, 2.45) is 0 Å². The van der Waals surface area contributed by atoms with Crippen LogP contribution < -0.4 is 0 Å². The number of amides is 1. The number of nitrogens with zero attached hydrogens (tertiary/aromatic N) is 4. The quantitative estimate of drug-likeness (QED) is 0.782. The van der Waals surface area contributed by atoms with Gasteiger partial charge in [-0.1, -0.05) is 0 Å². The lowest BCUT2D eigenvalue weighted by Gasteiger charge is -2.30. The maximum Gasteiger partial charge on any atom is 0.253 e. The summed E-state index contributed by atoms with van der Waals surface area (Å²) in [4.78, 5) is 23.3. The van der Waals surface area contributed by atoms with E-state index in [0.717, 1.165) is 30.0 Å². The Kier molecular flexibility index (Phi) is 3.55. The molecule has 1 aromatic carbocycles. The monoisotopic (exact) mass is 325 g/mol. The number of hydrogen-bond acceptors (Lipinski definition) is 5. The molecule has 24 heavy (non-hydrogen) atoms.